The molecule has 4 nitrogen and oxygen atoms in total. The molecule has 0 saturated carbocycles. The topological polar surface area (TPSA) is 61.5 Å². The van der Waals surface area contributed by atoms with Crippen LogP contribution in [0, 0.1) is 0 Å². The Morgan fingerprint density at radius 2 is 1.80 bits per heavy atom. The van der Waals surface area contributed by atoms with E-state index >= 15 is 0 Å². The summed E-state index contributed by atoms with van der Waals surface area (Å²) < 4.78 is 10.6. The van der Waals surface area contributed by atoms with Crippen LogP contribution in [0.25, 0.3) is 0 Å². The molecule has 1 aromatic carbocycles. The van der Waals surface area contributed by atoms with Crippen molar-refractivity contribution in [2.24, 2.45) is 5.73 Å². The predicted molar refractivity (Wildman–Crippen MR) is 79.8 cm³/mol. The van der Waals surface area contributed by atoms with Crippen molar-refractivity contribution < 1.29 is 14.3 Å². The molecule has 0 fully saturated rings. The van der Waals surface area contributed by atoms with E-state index in [9.17, 15) is 4.79 Å². The van der Waals surface area contributed by atoms with Crippen molar-refractivity contribution in [3.05, 3.63) is 29.8 Å². The minimum atomic E-state index is -0.543. The number of ether oxygens (including phenoxy) is 2. The van der Waals surface area contributed by atoms with E-state index in [2.05, 4.69) is 6.92 Å². The summed E-state index contributed by atoms with van der Waals surface area (Å²) >= 11 is 0. The van der Waals surface area contributed by atoms with Crippen LogP contribution in [-0.2, 0) is 16.0 Å². The molecule has 0 spiro atoms. The highest BCUT2D eigenvalue weighted by Crippen LogP contribution is 2.16. The second-order valence-corrected chi connectivity index (χ2v) is 4.78. The maximum atomic E-state index is 11.7. The van der Waals surface area contributed by atoms with Gasteiger partial charge >= 0.3 is 5.97 Å². The summed E-state index contributed by atoms with van der Waals surface area (Å²) in [6, 6.07) is 7.91. The summed E-state index contributed by atoms with van der Waals surface area (Å²) in [6.45, 7) is 6.13. The molecule has 4 heteroatoms. The van der Waals surface area contributed by atoms with Gasteiger partial charge < -0.3 is 15.2 Å². The molecule has 0 aliphatic heterocycles. The third-order valence-electron chi connectivity index (χ3n) is 3.14. The fourth-order valence-electron chi connectivity index (χ4n) is 1.85. The average Bonchev–Trinajstić information content (AvgIpc) is 2.46. The van der Waals surface area contributed by atoms with Gasteiger partial charge in [-0.1, -0.05) is 26.0 Å². The minimum absolute atomic E-state index is 0.185. The first kappa shape index (κ1) is 16.5. The number of benzene rings is 1. The highest BCUT2D eigenvalue weighted by atomic mass is 16.6. The third-order valence-corrected chi connectivity index (χ3v) is 3.14. The molecule has 0 bridgehead atoms. The highest BCUT2D eigenvalue weighted by molar-refractivity contribution is 5.75. The predicted octanol–water partition coefficient (Wildman–Crippen LogP) is 2.69. The summed E-state index contributed by atoms with van der Waals surface area (Å²) in [6.07, 6.45) is 1.85. The standard InChI is InChI=1S/C16H25NO3/c1-4-13(17)11-12-7-9-14(10-8-12)20-15(5-2)16(18)19-6-3/h7-10,13,15H,4-6,11,17H2,1-3H3. The van der Waals surface area contributed by atoms with Gasteiger partial charge in [-0.3, -0.25) is 0 Å². The van der Waals surface area contributed by atoms with Gasteiger partial charge in [0.15, 0.2) is 6.10 Å². The fourth-order valence-corrected chi connectivity index (χ4v) is 1.85. The summed E-state index contributed by atoms with van der Waals surface area (Å²) in [5.74, 6) is 0.366. The van der Waals surface area contributed by atoms with Crippen molar-refractivity contribution in [1.82, 2.24) is 0 Å². The van der Waals surface area contributed by atoms with Crippen LogP contribution in [0.3, 0.4) is 0 Å². The van der Waals surface area contributed by atoms with Crippen molar-refractivity contribution in [2.45, 2.75) is 52.2 Å². The van der Waals surface area contributed by atoms with E-state index < -0.39 is 6.10 Å². The lowest BCUT2D eigenvalue weighted by Gasteiger charge is -2.16. The summed E-state index contributed by atoms with van der Waals surface area (Å²) in [7, 11) is 0. The zero-order valence-electron chi connectivity index (χ0n) is 12.6. The normalized spacial score (nSPS) is 13.6. The lowest BCUT2D eigenvalue weighted by Crippen LogP contribution is -2.28. The van der Waals surface area contributed by atoms with Gasteiger partial charge in [-0.15, -0.1) is 0 Å². The second kappa shape index (κ2) is 8.59. The van der Waals surface area contributed by atoms with E-state index in [1.807, 2.05) is 31.2 Å². The van der Waals surface area contributed by atoms with Gasteiger partial charge in [0, 0.05) is 6.04 Å². The monoisotopic (exact) mass is 279 g/mol. The smallest absolute Gasteiger partial charge is 0.347 e. The first-order valence-electron chi connectivity index (χ1n) is 7.28. The van der Waals surface area contributed by atoms with E-state index in [0.29, 0.717) is 18.8 Å². The van der Waals surface area contributed by atoms with Gasteiger partial charge in [0.2, 0.25) is 0 Å². The molecule has 0 saturated heterocycles. The maximum Gasteiger partial charge on any atom is 0.347 e. The zero-order valence-corrected chi connectivity index (χ0v) is 12.6. The summed E-state index contributed by atoms with van der Waals surface area (Å²) in [5, 5.41) is 0. The van der Waals surface area contributed by atoms with Crippen molar-refractivity contribution >= 4 is 5.97 Å². The molecule has 2 unspecified atom stereocenters. The van der Waals surface area contributed by atoms with E-state index in [0.717, 1.165) is 12.8 Å². The Kier molecular flexibility index (Phi) is 7.09. The van der Waals surface area contributed by atoms with E-state index in [-0.39, 0.29) is 12.0 Å². The molecular formula is C16H25NO3. The van der Waals surface area contributed by atoms with Crippen molar-refractivity contribution in [3.63, 3.8) is 0 Å². The largest absolute Gasteiger partial charge is 0.479 e. The number of carbonyl (C=O) groups excluding carboxylic acids is 1. The molecule has 0 aliphatic rings. The van der Waals surface area contributed by atoms with Gasteiger partial charge in [-0.25, -0.2) is 4.79 Å². The van der Waals surface area contributed by atoms with Gasteiger partial charge in [-0.05, 0) is 43.9 Å². The molecule has 0 aromatic heterocycles. The van der Waals surface area contributed by atoms with E-state index in [4.69, 9.17) is 15.2 Å². The van der Waals surface area contributed by atoms with Crippen LogP contribution >= 0.6 is 0 Å². The molecule has 0 amide bonds. The quantitative estimate of drug-likeness (QED) is 0.743. The fraction of sp³-hybridized carbons (Fsp3) is 0.562. The Balaban J connectivity index is 2.61. The molecule has 0 radical (unpaired) electrons. The third kappa shape index (κ3) is 5.21. The second-order valence-electron chi connectivity index (χ2n) is 4.78. The van der Waals surface area contributed by atoms with Gasteiger partial charge in [0.25, 0.3) is 0 Å². The molecule has 1 aromatic rings. The SMILES string of the molecule is CCOC(=O)C(CC)Oc1ccc(CC(N)CC)cc1. The number of hydrogen-bond donors (Lipinski definition) is 1. The Labute approximate surface area is 121 Å². The molecular weight excluding hydrogens is 254 g/mol. The Hall–Kier alpha value is -1.55. The average molecular weight is 279 g/mol. The van der Waals surface area contributed by atoms with Gasteiger partial charge in [0.05, 0.1) is 6.61 Å². The molecule has 20 heavy (non-hydrogen) atoms. The van der Waals surface area contributed by atoms with Crippen LogP contribution in [0.15, 0.2) is 24.3 Å². The zero-order chi connectivity index (χ0) is 15.0. The molecule has 1 rings (SSSR count). The number of rotatable bonds is 8. The Morgan fingerprint density at radius 1 is 1.15 bits per heavy atom. The summed E-state index contributed by atoms with van der Waals surface area (Å²) in [5.41, 5.74) is 7.10. The highest BCUT2D eigenvalue weighted by Gasteiger charge is 2.19. The first-order valence-corrected chi connectivity index (χ1v) is 7.28. The van der Waals surface area contributed by atoms with Gasteiger partial charge in [-0.2, -0.15) is 0 Å². The lowest BCUT2D eigenvalue weighted by molar-refractivity contribution is -0.151. The first-order chi connectivity index (χ1) is 9.60. The van der Waals surface area contributed by atoms with Crippen LogP contribution in [0.5, 0.6) is 5.75 Å². The summed E-state index contributed by atoms with van der Waals surface area (Å²) in [4.78, 5) is 11.7. The molecule has 2 N–H and O–H groups in total. The number of carbonyl (C=O) groups is 1. The van der Waals surface area contributed by atoms with Crippen LogP contribution in [0.1, 0.15) is 39.2 Å². The van der Waals surface area contributed by atoms with E-state index in [1.54, 1.807) is 6.92 Å². The Bertz CT molecular complexity index is 403. The van der Waals surface area contributed by atoms with Crippen molar-refractivity contribution in [2.75, 3.05) is 6.61 Å². The van der Waals surface area contributed by atoms with Crippen LogP contribution < -0.4 is 10.5 Å². The van der Waals surface area contributed by atoms with Crippen molar-refractivity contribution in [3.8, 4) is 5.75 Å². The van der Waals surface area contributed by atoms with Crippen LogP contribution in [0.4, 0.5) is 0 Å². The number of nitrogens with two attached hydrogens (primary N) is 1. The minimum Gasteiger partial charge on any atom is -0.479 e. The lowest BCUT2D eigenvalue weighted by atomic mass is 10.0. The molecule has 2 atom stereocenters. The number of esters is 1. The molecule has 0 heterocycles. The van der Waals surface area contributed by atoms with Crippen LogP contribution in [-0.4, -0.2) is 24.7 Å². The maximum absolute atomic E-state index is 11.7. The van der Waals surface area contributed by atoms with Gasteiger partial charge in [0.1, 0.15) is 5.75 Å². The molecule has 112 valence electrons. The van der Waals surface area contributed by atoms with E-state index in [1.165, 1.54) is 5.56 Å². The van der Waals surface area contributed by atoms with Crippen molar-refractivity contribution in [1.29, 1.82) is 0 Å². The number of hydrogen-bond acceptors (Lipinski definition) is 4. The Morgan fingerprint density at radius 3 is 2.30 bits per heavy atom. The van der Waals surface area contributed by atoms with Crippen LogP contribution in [0.2, 0.25) is 0 Å². The molecule has 0 aliphatic carbocycles.